The molecule has 30 heavy (non-hydrogen) atoms. The maximum Gasteiger partial charge on any atom is 0.243 e. The molecule has 2 fully saturated rings. The van der Waals surface area contributed by atoms with Gasteiger partial charge in [0.2, 0.25) is 17.7 Å². The second-order valence-electron chi connectivity index (χ2n) is 8.08. The van der Waals surface area contributed by atoms with E-state index in [1.807, 2.05) is 30.5 Å². The molecule has 7 nitrogen and oxygen atoms in total. The number of nitrogens with zero attached hydrogens (tertiary/aromatic N) is 1. The zero-order chi connectivity index (χ0) is 21.1. The SMILES string of the molecule is CSCCC(C(=O)NCC1COc2ccccc2O1)N1C(=O)C2CCCCC2C1=O. The predicted molar refractivity (Wildman–Crippen MR) is 113 cm³/mol. The number of hydrogen-bond acceptors (Lipinski definition) is 6. The molecular weight excluding hydrogens is 404 g/mol. The van der Waals surface area contributed by atoms with Gasteiger partial charge in [0.1, 0.15) is 18.8 Å². The highest BCUT2D eigenvalue weighted by Crippen LogP contribution is 2.39. The van der Waals surface area contributed by atoms with Crippen LogP contribution in [-0.2, 0) is 14.4 Å². The van der Waals surface area contributed by atoms with Crippen LogP contribution in [0.15, 0.2) is 24.3 Å². The predicted octanol–water partition coefficient (Wildman–Crippen LogP) is 2.24. The molecule has 1 aromatic rings. The van der Waals surface area contributed by atoms with Crippen LogP contribution < -0.4 is 14.8 Å². The fourth-order valence-corrected chi connectivity index (χ4v) is 5.06. The normalized spacial score (nSPS) is 26.3. The van der Waals surface area contributed by atoms with E-state index >= 15 is 0 Å². The number of amides is 3. The molecule has 0 spiro atoms. The largest absolute Gasteiger partial charge is 0.486 e. The quantitative estimate of drug-likeness (QED) is 0.665. The lowest BCUT2D eigenvalue weighted by Crippen LogP contribution is -2.52. The van der Waals surface area contributed by atoms with Gasteiger partial charge in [-0.3, -0.25) is 19.3 Å². The molecule has 162 valence electrons. The Kier molecular flexibility index (Phi) is 6.51. The van der Waals surface area contributed by atoms with Crippen molar-refractivity contribution in [3.8, 4) is 11.5 Å². The third-order valence-corrected chi connectivity index (χ3v) is 6.80. The molecule has 8 heteroatoms. The van der Waals surface area contributed by atoms with Crippen LogP contribution >= 0.6 is 11.8 Å². The van der Waals surface area contributed by atoms with Crippen molar-refractivity contribution in [1.29, 1.82) is 0 Å². The van der Waals surface area contributed by atoms with Gasteiger partial charge in [0.15, 0.2) is 11.5 Å². The monoisotopic (exact) mass is 432 g/mol. The summed E-state index contributed by atoms with van der Waals surface area (Å²) in [6.07, 6.45) is 5.51. The first kappa shape index (κ1) is 21.0. The molecule has 4 unspecified atom stereocenters. The van der Waals surface area contributed by atoms with Crippen LogP contribution in [0.1, 0.15) is 32.1 Å². The second kappa shape index (κ2) is 9.29. The number of thioether (sulfide) groups is 1. The van der Waals surface area contributed by atoms with E-state index in [1.165, 1.54) is 4.90 Å². The van der Waals surface area contributed by atoms with Crippen molar-refractivity contribution in [2.75, 3.05) is 25.2 Å². The van der Waals surface area contributed by atoms with Crippen LogP contribution in [-0.4, -0.2) is 59.9 Å². The van der Waals surface area contributed by atoms with E-state index < -0.39 is 6.04 Å². The Hall–Kier alpha value is -2.22. The highest BCUT2D eigenvalue weighted by Gasteiger charge is 2.51. The van der Waals surface area contributed by atoms with Crippen molar-refractivity contribution in [2.24, 2.45) is 11.8 Å². The number of nitrogens with one attached hydrogen (secondary N) is 1. The van der Waals surface area contributed by atoms with Crippen LogP contribution in [0, 0.1) is 11.8 Å². The Morgan fingerprint density at radius 3 is 2.50 bits per heavy atom. The number of fused-ring (bicyclic) bond motifs is 2. The molecule has 0 bridgehead atoms. The third kappa shape index (κ3) is 4.15. The molecule has 4 atom stereocenters. The summed E-state index contributed by atoms with van der Waals surface area (Å²) >= 11 is 1.60. The Labute approximate surface area is 180 Å². The second-order valence-corrected chi connectivity index (χ2v) is 9.07. The van der Waals surface area contributed by atoms with Gasteiger partial charge in [-0.2, -0.15) is 11.8 Å². The first-order valence-electron chi connectivity index (χ1n) is 10.6. The van der Waals surface area contributed by atoms with Crippen LogP contribution in [0.2, 0.25) is 0 Å². The minimum Gasteiger partial charge on any atom is -0.486 e. The molecule has 1 aromatic carbocycles. The number of hydrogen-bond donors (Lipinski definition) is 1. The highest BCUT2D eigenvalue weighted by atomic mass is 32.2. The van der Waals surface area contributed by atoms with Crippen LogP contribution in [0.3, 0.4) is 0 Å². The minimum absolute atomic E-state index is 0.169. The topological polar surface area (TPSA) is 84.9 Å². The smallest absolute Gasteiger partial charge is 0.243 e. The summed E-state index contributed by atoms with van der Waals surface area (Å²) in [7, 11) is 0. The standard InChI is InChI=1S/C22H28N2O5S/c1-30-11-10-17(24-21(26)15-6-2-3-7-16(15)22(24)27)20(25)23-12-14-13-28-18-8-4-5-9-19(18)29-14/h4-5,8-9,14-17H,2-3,6-7,10-13H2,1H3,(H,23,25). The van der Waals surface area contributed by atoms with Crippen molar-refractivity contribution in [3.05, 3.63) is 24.3 Å². The summed E-state index contributed by atoms with van der Waals surface area (Å²) in [5.41, 5.74) is 0. The molecule has 1 saturated carbocycles. The van der Waals surface area contributed by atoms with Crippen LogP contribution in [0.25, 0.3) is 0 Å². The number of likely N-dealkylation sites (tertiary alicyclic amines) is 1. The molecule has 0 aromatic heterocycles. The first-order valence-corrected chi connectivity index (χ1v) is 12.0. The maximum absolute atomic E-state index is 13.1. The maximum atomic E-state index is 13.1. The number of rotatable bonds is 7. The van der Waals surface area contributed by atoms with E-state index in [0.717, 1.165) is 25.7 Å². The van der Waals surface area contributed by atoms with Crippen molar-refractivity contribution in [2.45, 2.75) is 44.2 Å². The fraction of sp³-hybridized carbons (Fsp3) is 0.591. The van der Waals surface area contributed by atoms with E-state index in [0.29, 0.717) is 30.3 Å². The molecule has 1 aliphatic carbocycles. The van der Waals surface area contributed by atoms with Gasteiger partial charge in [-0.1, -0.05) is 25.0 Å². The molecule has 3 amide bonds. The number of benzene rings is 1. The molecule has 4 rings (SSSR count). The molecular formula is C22H28N2O5S. The van der Waals surface area contributed by atoms with Gasteiger partial charge < -0.3 is 14.8 Å². The fourth-order valence-electron chi connectivity index (χ4n) is 4.60. The lowest BCUT2D eigenvalue weighted by Gasteiger charge is -2.29. The van der Waals surface area contributed by atoms with Gasteiger partial charge >= 0.3 is 0 Å². The summed E-state index contributed by atoms with van der Waals surface area (Å²) in [6, 6.07) is 6.65. The minimum atomic E-state index is -0.764. The number of carbonyl (C=O) groups excluding carboxylic acids is 3. The van der Waals surface area contributed by atoms with Crippen molar-refractivity contribution < 1.29 is 23.9 Å². The van der Waals surface area contributed by atoms with Gasteiger partial charge in [0.05, 0.1) is 18.4 Å². The third-order valence-electron chi connectivity index (χ3n) is 6.16. The summed E-state index contributed by atoms with van der Waals surface area (Å²) in [4.78, 5) is 40.3. The Morgan fingerprint density at radius 2 is 1.83 bits per heavy atom. The molecule has 2 heterocycles. The Balaban J connectivity index is 1.41. The van der Waals surface area contributed by atoms with Crippen molar-refractivity contribution >= 4 is 29.5 Å². The van der Waals surface area contributed by atoms with E-state index in [1.54, 1.807) is 11.8 Å². The zero-order valence-electron chi connectivity index (χ0n) is 17.2. The van der Waals surface area contributed by atoms with Gasteiger partial charge in [0.25, 0.3) is 0 Å². The van der Waals surface area contributed by atoms with Crippen molar-refractivity contribution in [1.82, 2.24) is 10.2 Å². The lowest BCUT2D eigenvalue weighted by atomic mass is 9.81. The van der Waals surface area contributed by atoms with Gasteiger partial charge in [-0.15, -0.1) is 0 Å². The van der Waals surface area contributed by atoms with Gasteiger partial charge in [-0.05, 0) is 43.4 Å². The molecule has 1 saturated heterocycles. The molecule has 1 N–H and O–H groups in total. The Morgan fingerprint density at radius 1 is 1.17 bits per heavy atom. The van der Waals surface area contributed by atoms with Crippen LogP contribution in [0.5, 0.6) is 11.5 Å². The number of ether oxygens (including phenoxy) is 2. The number of para-hydroxylation sites is 2. The lowest BCUT2D eigenvalue weighted by molar-refractivity contribution is -0.148. The van der Waals surface area contributed by atoms with Crippen LogP contribution in [0.4, 0.5) is 0 Å². The number of carbonyl (C=O) groups is 3. The van der Waals surface area contributed by atoms with Crippen molar-refractivity contribution in [3.63, 3.8) is 0 Å². The van der Waals surface area contributed by atoms with Gasteiger partial charge in [0, 0.05) is 0 Å². The van der Waals surface area contributed by atoms with Gasteiger partial charge in [-0.25, -0.2) is 0 Å². The van der Waals surface area contributed by atoms with E-state index in [9.17, 15) is 14.4 Å². The summed E-state index contributed by atoms with van der Waals surface area (Å²) in [5, 5.41) is 2.89. The molecule has 0 radical (unpaired) electrons. The van der Waals surface area contributed by atoms with E-state index in [4.69, 9.17) is 9.47 Å². The summed E-state index contributed by atoms with van der Waals surface area (Å²) < 4.78 is 11.6. The summed E-state index contributed by atoms with van der Waals surface area (Å²) in [6.45, 7) is 0.588. The first-order chi connectivity index (χ1) is 14.6. The number of imide groups is 1. The highest BCUT2D eigenvalue weighted by molar-refractivity contribution is 7.98. The van der Waals surface area contributed by atoms with E-state index in [-0.39, 0.29) is 42.2 Å². The zero-order valence-corrected chi connectivity index (χ0v) is 18.0. The Bertz CT molecular complexity index is 792. The van der Waals surface area contributed by atoms with E-state index in [2.05, 4.69) is 5.32 Å². The average Bonchev–Trinajstić information content (AvgIpc) is 3.03. The summed E-state index contributed by atoms with van der Waals surface area (Å²) in [5.74, 6) is 0.900. The molecule has 2 aliphatic heterocycles. The molecule has 3 aliphatic rings. The average molecular weight is 433 g/mol.